The molecule has 1 saturated heterocycles. The number of nitrogens with zero attached hydrogens (tertiary/aromatic N) is 3. The molecule has 5 rings (SSSR count). The van der Waals surface area contributed by atoms with Crippen LogP contribution in [-0.4, -0.2) is 49.8 Å². The van der Waals surface area contributed by atoms with Crippen molar-refractivity contribution in [3.8, 4) is 22.6 Å². The zero-order chi connectivity index (χ0) is 28.9. The number of pyridine rings is 1. The quantitative estimate of drug-likeness (QED) is 0.128. The Morgan fingerprint density at radius 3 is 2.39 bits per heavy atom. The number of aromatic nitrogens is 2. The van der Waals surface area contributed by atoms with E-state index in [0.29, 0.717) is 48.8 Å². The molecule has 41 heavy (non-hydrogen) atoms. The smallest absolute Gasteiger partial charge is 0.238 e. The Morgan fingerprint density at radius 1 is 1.00 bits per heavy atom. The molecule has 12 heteroatoms. The highest BCUT2D eigenvalue weighted by atomic mass is 32.2. The van der Waals surface area contributed by atoms with Crippen molar-refractivity contribution in [1.29, 1.82) is 0 Å². The Hall–Kier alpha value is -4.10. The summed E-state index contributed by atoms with van der Waals surface area (Å²) in [6.45, 7) is 1.24. The average Bonchev–Trinajstić information content (AvgIpc) is 3.43. The van der Waals surface area contributed by atoms with Gasteiger partial charge in [0.2, 0.25) is 21.8 Å². The Bertz CT molecular complexity index is 1610. The number of oxime groups is 1. The third-order valence-corrected chi connectivity index (χ3v) is 7.86. The SMILES string of the molecule is COC1(c2cccc(CO/C(Cc3nc(-c4ccccc4)c(-c4ccc(S(N)(=O)=O)cc4)o3)=N\O)n2)CCOCC1. The number of primary sulfonamides is 1. The predicted molar refractivity (Wildman–Crippen MR) is 149 cm³/mol. The maximum absolute atomic E-state index is 11.7. The van der Waals surface area contributed by atoms with Crippen LogP contribution in [0.15, 0.2) is 87.3 Å². The lowest BCUT2D eigenvalue weighted by atomic mass is 9.90. The van der Waals surface area contributed by atoms with Crippen molar-refractivity contribution in [2.45, 2.75) is 36.4 Å². The van der Waals surface area contributed by atoms with Crippen LogP contribution >= 0.6 is 0 Å². The summed E-state index contributed by atoms with van der Waals surface area (Å²) in [7, 11) is -2.17. The summed E-state index contributed by atoms with van der Waals surface area (Å²) in [5.41, 5.74) is 2.84. The Morgan fingerprint density at radius 2 is 1.73 bits per heavy atom. The molecule has 11 nitrogen and oxygen atoms in total. The molecule has 0 unspecified atom stereocenters. The number of methoxy groups -OCH3 is 1. The van der Waals surface area contributed by atoms with Gasteiger partial charge in [-0.05, 0) is 36.4 Å². The minimum atomic E-state index is -3.85. The molecule has 4 aromatic rings. The molecule has 3 heterocycles. The average molecular weight is 579 g/mol. The minimum absolute atomic E-state index is 0.0123. The highest BCUT2D eigenvalue weighted by Gasteiger charge is 2.36. The summed E-state index contributed by atoms with van der Waals surface area (Å²) < 4.78 is 46.6. The van der Waals surface area contributed by atoms with Gasteiger partial charge in [-0.15, -0.1) is 0 Å². The molecule has 214 valence electrons. The highest BCUT2D eigenvalue weighted by Crippen LogP contribution is 2.35. The van der Waals surface area contributed by atoms with E-state index in [1.807, 2.05) is 48.5 Å². The molecule has 0 spiro atoms. The van der Waals surface area contributed by atoms with E-state index in [1.54, 1.807) is 19.2 Å². The van der Waals surface area contributed by atoms with Gasteiger partial charge in [0.25, 0.3) is 0 Å². The molecule has 3 N–H and O–H groups in total. The van der Waals surface area contributed by atoms with Crippen molar-refractivity contribution in [3.63, 3.8) is 0 Å². The molecule has 0 radical (unpaired) electrons. The highest BCUT2D eigenvalue weighted by molar-refractivity contribution is 7.89. The zero-order valence-electron chi connectivity index (χ0n) is 22.4. The van der Waals surface area contributed by atoms with Gasteiger partial charge in [-0.2, -0.15) is 0 Å². The van der Waals surface area contributed by atoms with Gasteiger partial charge in [-0.25, -0.2) is 18.5 Å². The molecule has 0 bridgehead atoms. The van der Waals surface area contributed by atoms with E-state index in [2.05, 4.69) is 10.1 Å². The fourth-order valence-corrected chi connectivity index (χ4v) is 5.22. The molecule has 0 saturated carbocycles. The summed E-state index contributed by atoms with van der Waals surface area (Å²) in [5.74, 6) is 0.645. The van der Waals surface area contributed by atoms with E-state index >= 15 is 0 Å². The maximum atomic E-state index is 11.7. The molecule has 1 aliphatic rings. The predicted octanol–water partition coefficient (Wildman–Crippen LogP) is 4.25. The molecular formula is C29H30N4O7S. The molecule has 1 aliphatic heterocycles. The molecule has 0 atom stereocenters. The summed E-state index contributed by atoms with van der Waals surface area (Å²) in [5, 5.41) is 18.2. The third kappa shape index (κ3) is 6.46. The van der Waals surface area contributed by atoms with E-state index in [9.17, 15) is 13.6 Å². The van der Waals surface area contributed by atoms with Gasteiger partial charge in [0, 0.05) is 44.3 Å². The van der Waals surface area contributed by atoms with Crippen molar-refractivity contribution in [2.75, 3.05) is 20.3 Å². The van der Waals surface area contributed by atoms with Gasteiger partial charge in [-0.3, -0.25) is 4.98 Å². The van der Waals surface area contributed by atoms with Crippen LogP contribution in [0.2, 0.25) is 0 Å². The molecule has 2 aromatic heterocycles. The number of rotatable bonds is 9. The van der Waals surface area contributed by atoms with Gasteiger partial charge < -0.3 is 23.8 Å². The lowest BCUT2D eigenvalue weighted by molar-refractivity contribution is -0.0974. The standard InChI is InChI=1S/C29H30N4O7S/c1-37-29(14-16-38-17-15-29)24-9-5-8-22(31-24)19-39-26(33-34)18-25-32-27(20-6-3-2-4-7-20)28(40-25)21-10-12-23(13-11-21)41(30,35)36/h2-13,34H,14-19H2,1H3,(H2,30,35,36)/b33-26-. The minimum Gasteiger partial charge on any atom is -0.472 e. The Balaban J connectivity index is 1.36. The normalized spacial score (nSPS) is 15.5. The van der Waals surface area contributed by atoms with Crippen molar-refractivity contribution in [1.82, 2.24) is 9.97 Å². The van der Waals surface area contributed by atoms with Crippen LogP contribution < -0.4 is 5.14 Å². The van der Waals surface area contributed by atoms with Gasteiger partial charge in [0.1, 0.15) is 24.3 Å². The van der Waals surface area contributed by atoms with Gasteiger partial charge >= 0.3 is 0 Å². The van der Waals surface area contributed by atoms with Crippen LogP contribution in [0.4, 0.5) is 0 Å². The first-order valence-electron chi connectivity index (χ1n) is 12.9. The summed E-state index contributed by atoms with van der Waals surface area (Å²) in [6.07, 6.45) is 1.36. The molecule has 1 fully saturated rings. The van der Waals surface area contributed by atoms with Crippen LogP contribution in [0.25, 0.3) is 22.6 Å². The van der Waals surface area contributed by atoms with Crippen LogP contribution in [0.3, 0.4) is 0 Å². The first-order valence-corrected chi connectivity index (χ1v) is 14.5. The lowest BCUT2D eigenvalue weighted by Crippen LogP contribution is -2.36. The summed E-state index contributed by atoms with van der Waals surface area (Å²) >= 11 is 0. The van der Waals surface area contributed by atoms with E-state index in [4.69, 9.17) is 28.8 Å². The Labute approximate surface area is 237 Å². The molecular weight excluding hydrogens is 548 g/mol. The van der Waals surface area contributed by atoms with E-state index < -0.39 is 15.6 Å². The van der Waals surface area contributed by atoms with Crippen LogP contribution in [0, 0.1) is 0 Å². The van der Waals surface area contributed by atoms with Crippen LogP contribution in [0.1, 0.15) is 30.1 Å². The number of benzene rings is 2. The van der Waals surface area contributed by atoms with Gasteiger partial charge in [0.05, 0.1) is 16.3 Å². The van der Waals surface area contributed by atoms with E-state index in [1.165, 1.54) is 12.1 Å². The summed E-state index contributed by atoms with van der Waals surface area (Å²) in [4.78, 5) is 9.36. The second-order valence-electron chi connectivity index (χ2n) is 9.50. The summed E-state index contributed by atoms with van der Waals surface area (Å²) in [6, 6.07) is 21.0. The fraction of sp³-hybridized carbons (Fsp3) is 0.276. The monoisotopic (exact) mass is 578 g/mol. The second-order valence-corrected chi connectivity index (χ2v) is 11.1. The van der Waals surface area contributed by atoms with Crippen LogP contribution in [-0.2, 0) is 42.9 Å². The first-order chi connectivity index (χ1) is 19.8. The molecule has 0 amide bonds. The number of hydrogen-bond donors (Lipinski definition) is 2. The van der Waals surface area contributed by atoms with Crippen molar-refractivity contribution < 1.29 is 32.3 Å². The van der Waals surface area contributed by atoms with Crippen molar-refractivity contribution >= 4 is 15.9 Å². The van der Waals surface area contributed by atoms with Crippen LogP contribution in [0.5, 0.6) is 0 Å². The third-order valence-electron chi connectivity index (χ3n) is 6.93. The van der Waals surface area contributed by atoms with Gasteiger partial charge in [0.15, 0.2) is 5.76 Å². The molecule has 2 aromatic carbocycles. The number of oxazole rings is 1. The lowest BCUT2D eigenvalue weighted by Gasteiger charge is -2.35. The number of nitrogens with two attached hydrogens (primary N) is 1. The van der Waals surface area contributed by atoms with Gasteiger partial charge in [-0.1, -0.05) is 41.6 Å². The molecule has 0 aliphatic carbocycles. The van der Waals surface area contributed by atoms with Crippen molar-refractivity contribution in [3.05, 3.63) is 90.1 Å². The zero-order valence-corrected chi connectivity index (χ0v) is 23.2. The second kappa shape index (κ2) is 12.2. The Kier molecular flexibility index (Phi) is 8.45. The van der Waals surface area contributed by atoms with E-state index in [0.717, 1.165) is 11.3 Å². The maximum Gasteiger partial charge on any atom is 0.238 e. The van der Waals surface area contributed by atoms with E-state index in [-0.39, 0.29) is 29.7 Å². The number of sulfonamides is 1. The topological polar surface area (TPSA) is 159 Å². The number of ether oxygens (including phenoxy) is 3. The first kappa shape index (κ1) is 28.4. The largest absolute Gasteiger partial charge is 0.472 e. The fourth-order valence-electron chi connectivity index (χ4n) is 4.70. The number of hydrogen-bond acceptors (Lipinski definition) is 10. The van der Waals surface area contributed by atoms with Crippen molar-refractivity contribution in [2.24, 2.45) is 10.3 Å².